The molecule has 2 nitrogen and oxygen atoms in total. The van der Waals surface area contributed by atoms with Crippen molar-refractivity contribution in [1.29, 1.82) is 0 Å². The van der Waals surface area contributed by atoms with Crippen LogP contribution in [0, 0.1) is 0 Å². The number of unbranched alkanes of at least 4 members (excludes halogenated alkanes) is 18. The Hall–Kier alpha value is -1.31. The van der Waals surface area contributed by atoms with Gasteiger partial charge in [0.25, 0.3) is 0 Å². The molecule has 0 saturated heterocycles. The zero-order chi connectivity index (χ0) is 23.4. The van der Waals surface area contributed by atoms with E-state index in [0.717, 1.165) is 19.3 Å². The van der Waals surface area contributed by atoms with Crippen molar-refractivity contribution in [3.63, 3.8) is 0 Å². The summed E-state index contributed by atoms with van der Waals surface area (Å²) in [5, 5.41) is 0. The van der Waals surface area contributed by atoms with Gasteiger partial charge in [-0.2, -0.15) is 0 Å². The Morgan fingerprint density at radius 1 is 0.531 bits per heavy atom. The number of carbonyl (C=O) groups excluding carboxylic acids is 1. The van der Waals surface area contributed by atoms with Gasteiger partial charge in [0.05, 0.1) is 6.61 Å². The van der Waals surface area contributed by atoms with E-state index in [1.165, 1.54) is 115 Å². The molecule has 0 amide bonds. The lowest BCUT2D eigenvalue weighted by Gasteiger charge is -2.03. The van der Waals surface area contributed by atoms with Gasteiger partial charge in [-0.15, -0.1) is 0 Å². The van der Waals surface area contributed by atoms with Crippen LogP contribution in [-0.4, -0.2) is 12.6 Å². The molecule has 0 aliphatic heterocycles. The fourth-order valence-electron chi connectivity index (χ4n) is 3.82. The Labute approximate surface area is 201 Å². The van der Waals surface area contributed by atoms with Crippen LogP contribution in [0.2, 0.25) is 0 Å². The van der Waals surface area contributed by atoms with Crippen molar-refractivity contribution in [2.24, 2.45) is 0 Å². The average molecular weight is 447 g/mol. The van der Waals surface area contributed by atoms with Crippen LogP contribution in [0.25, 0.3) is 0 Å². The molecular weight excluding hydrogens is 392 g/mol. The second-order valence-electron chi connectivity index (χ2n) is 9.14. The Bertz CT molecular complexity index is 461. The van der Waals surface area contributed by atoms with Crippen LogP contribution in [0.1, 0.15) is 142 Å². The first kappa shape index (κ1) is 30.7. The van der Waals surface area contributed by atoms with Crippen LogP contribution >= 0.6 is 0 Å². The van der Waals surface area contributed by atoms with E-state index in [-0.39, 0.29) is 5.97 Å². The molecule has 0 spiro atoms. The minimum Gasteiger partial charge on any atom is -0.463 e. The molecule has 0 aliphatic carbocycles. The Morgan fingerprint density at radius 3 is 1.50 bits per heavy atom. The first-order chi connectivity index (χ1) is 15.8. The van der Waals surface area contributed by atoms with E-state index in [9.17, 15) is 4.79 Å². The second-order valence-corrected chi connectivity index (χ2v) is 9.14. The maximum absolute atomic E-state index is 11.7. The fraction of sp³-hybridized carbons (Fsp3) is 0.767. The zero-order valence-corrected chi connectivity index (χ0v) is 21.6. The molecule has 0 aromatic heterocycles. The van der Waals surface area contributed by atoms with Crippen LogP contribution in [-0.2, 0) is 9.53 Å². The molecule has 0 atom stereocenters. The third-order valence-electron chi connectivity index (χ3n) is 5.92. The van der Waals surface area contributed by atoms with Gasteiger partial charge in [-0.05, 0) is 19.3 Å². The van der Waals surface area contributed by atoms with E-state index in [2.05, 4.69) is 26.0 Å². The highest BCUT2D eigenvalue weighted by Crippen LogP contribution is 2.11. The predicted molar refractivity (Wildman–Crippen MR) is 142 cm³/mol. The Kier molecular flexibility index (Phi) is 26.6. The molecule has 0 heterocycles. The average Bonchev–Trinajstić information content (AvgIpc) is 2.80. The van der Waals surface area contributed by atoms with Gasteiger partial charge in [-0.3, -0.25) is 0 Å². The summed E-state index contributed by atoms with van der Waals surface area (Å²) < 4.78 is 5.26. The Morgan fingerprint density at radius 2 is 0.969 bits per heavy atom. The highest BCUT2D eigenvalue weighted by Gasteiger charge is 1.96. The number of ether oxygens (including phenoxy) is 1. The standard InChI is InChI=1S/C30H54O2/c1-3-5-7-9-11-13-15-16-17-18-19-20-22-24-26-28-30(31)32-29-27-25-23-21-14-12-10-8-6-4-2/h19-20,22,24,26,28H,3-18,21,23,25,27,29H2,1-2H3. The summed E-state index contributed by atoms with van der Waals surface area (Å²) >= 11 is 0. The van der Waals surface area contributed by atoms with E-state index >= 15 is 0 Å². The highest BCUT2D eigenvalue weighted by molar-refractivity contribution is 5.82. The molecule has 0 bridgehead atoms. The number of allylic oxidation sites excluding steroid dienone is 5. The van der Waals surface area contributed by atoms with Crippen LogP contribution in [0.3, 0.4) is 0 Å². The van der Waals surface area contributed by atoms with Crippen molar-refractivity contribution >= 4 is 5.97 Å². The largest absolute Gasteiger partial charge is 0.463 e. The van der Waals surface area contributed by atoms with E-state index in [1.54, 1.807) is 6.08 Å². The molecule has 186 valence electrons. The predicted octanol–water partition coefficient (Wildman–Crippen LogP) is 10.0. The van der Waals surface area contributed by atoms with Crippen molar-refractivity contribution < 1.29 is 9.53 Å². The van der Waals surface area contributed by atoms with E-state index in [1.807, 2.05) is 12.2 Å². The number of hydrogen-bond acceptors (Lipinski definition) is 2. The van der Waals surface area contributed by atoms with Crippen LogP contribution in [0.4, 0.5) is 0 Å². The van der Waals surface area contributed by atoms with Crippen molar-refractivity contribution in [1.82, 2.24) is 0 Å². The zero-order valence-electron chi connectivity index (χ0n) is 21.6. The Balaban J connectivity index is 3.40. The van der Waals surface area contributed by atoms with Crippen LogP contribution in [0.5, 0.6) is 0 Å². The van der Waals surface area contributed by atoms with Crippen molar-refractivity contribution in [2.75, 3.05) is 6.61 Å². The SMILES string of the molecule is CCCCCCCCCCCC=CC=CC=CC(=O)OCCCCCCCCCCCC. The minimum atomic E-state index is -0.232. The summed E-state index contributed by atoms with van der Waals surface area (Å²) in [6.45, 7) is 5.08. The maximum atomic E-state index is 11.7. The summed E-state index contributed by atoms with van der Waals surface area (Å²) in [5.74, 6) is -0.232. The smallest absolute Gasteiger partial charge is 0.330 e. The molecule has 0 fully saturated rings. The molecule has 0 rings (SSSR count). The third-order valence-corrected chi connectivity index (χ3v) is 5.92. The third kappa shape index (κ3) is 26.7. The quantitative estimate of drug-likeness (QED) is 0.0638. The summed E-state index contributed by atoms with van der Waals surface area (Å²) in [6.07, 6.45) is 37.9. The molecule has 0 N–H and O–H groups in total. The lowest BCUT2D eigenvalue weighted by atomic mass is 10.1. The molecule has 0 unspecified atom stereocenters. The fourth-order valence-corrected chi connectivity index (χ4v) is 3.82. The van der Waals surface area contributed by atoms with Gasteiger partial charge in [-0.25, -0.2) is 4.79 Å². The summed E-state index contributed by atoms with van der Waals surface area (Å²) in [7, 11) is 0. The molecule has 2 heteroatoms. The van der Waals surface area contributed by atoms with Crippen molar-refractivity contribution in [3.8, 4) is 0 Å². The first-order valence-electron chi connectivity index (χ1n) is 14.0. The van der Waals surface area contributed by atoms with E-state index in [4.69, 9.17) is 4.74 Å². The van der Waals surface area contributed by atoms with Crippen LogP contribution in [0.15, 0.2) is 36.5 Å². The number of carbonyl (C=O) groups is 1. The number of hydrogen-bond donors (Lipinski definition) is 0. The van der Waals surface area contributed by atoms with Gasteiger partial charge in [0.1, 0.15) is 0 Å². The molecular formula is C30H54O2. The van der Waals surface area contributed by atoms with E-state index in [0.29, 0.717) is 6.61 Å². The molecule has 0 saturated carbocycles. The number of esters is 1. The lowest BCUT2D eigenvalue weighted by molar-refractivity contribution is -0.137. The molecule has 0 aromatic carbocycles. The molecule has 0 aromatic rings. The van der Waals surface area contributed by atoms with E-state index < -0.39 is 0 Å². The lowest BCUT2D eigenvalue weighted by Crippen LogP contribution is -2.02. The topological polar surface area (TPSA) is 26.3 Å². The summed E-state index contributed by atoms with van der Waals surface area (Å²) in [4.78, 5) is 11.7. The second kappa shape index (κ2) is 27.7. The monoisotopic (exact) mass is 446 g/mol. The summed E-state index contributed by atoms with van der Waals surface area (Å²) in [6, 6.07) is 0. The molecule has 32 heavy (non-hydrogen) atoms. The molecule has 0 aliphatic rings. The van der Waals surface area contributed by atoms with Gasteiger partial charge >= 0.3 is 5.97 Å². The van der Waals surface area contributed by atoms with Crippen LogP contribution < -0.4 is 0 Å². The van der Waals surface area contributed by atoms with Gasteiger partial charge in [0.15, 0.2) is 0 Å². The van der Waals surface area contributed by atoms with Gasteiger partial charge in [0, 0.05) is 6.08 Å². The maximum Gasteiger partial charge on any atom is 0.330 e. The van der Waals surface area contributed by atoms with Gasteiger partial charge in [0.2, 0.25) is 0 Å². The highest BCUT2D eigenvalue weighted by atomic mass is 16.5. The summed E-state index contributed by atoms with van der Waals surface area (Å²) in [5.41, 5.74) is 0. The first-order valence-corrected chi connectivity index (χ1v) is 14.0. The minimum absolute atomic E-state index is 0.232. The number of rotatable bonds is 24. The van der Waals surface area contributed by atoms with Gasteiger partial charge in [-0.1, -0.05) is 153 Å². The van der Waals surface area contributed by atoms with Gasteiger partial charge < -0.3 is 4.74 Å². The molecule has 0 radical (unpaired) electrons. The van der Waals surface area contributed by atoms with Crippen molar-refractivity contribution in [2.45, 2.75) is 142 Å². The normalized spacial score (nSPS) is 11.9. The van der Waals surface area contributed by atoms with Crippen molar-refractivity contribution in [3.05, 3.63) is 36.5 Å².